The molecule has 1 aromatic heterocycles. The molecule has 0 aliphatic carbocycles. The molecule has 0 bridgehead atoms. The Bertz CT molecular complexity index is 874. The number of hydrogen-bond donors (Lipinski definition) is 2. The Morgan fingerprint density at radius 2 is 2.09 bits per heavy atom. The lowest BCUT2D eigenvalue weighted by Crippen LogP contribution is -2.11. The minimum absolute atomic E-state index is 0.120. The number of amides is 1. The van der Waals surface area contributed by atoms with Crippen LogP contribution in [0.2, 0.25) is 0 Å². The maximum atomic E-state index is 11.2. The predicted molar refractivity (Wildman–Crippen MR) is 87.3 cm³/mol. The largest absolute Gasteiger partial charge is 0.366 e. The van der Waals surface area contributed by atoms with Gasteiger partial charge in [-0.25, -0.2) is 4.98 Å². The van der Waals surface area contributed by atoms with Crippen molar-refractivity contribution in [3.05, 3.63) is 63.7 Å². The Labute approximate surface area is 135 Å². The molecule has 1 amide bonds. The van der Waals surface area contributed by atoms with E-state index in [1.54, 1.807) is 6.07 Å². The molecular formula is C15H12N4O3S. The van der Waals surface area contributed by atoms with E-state index in [4.69, 9.17) is 5.73 Å². The fraction of sp³-hybridized carbons (Fsp3) is 0.0667. The molecular weight excluding hydrogens is 316 g/mol. The average molecular weight is 328 g/mol. The number of carbonyl (C=O) groups is 1. The van der Waals surface area contributed by atoms with E-state index < -0.39 is 10.8 Å². The summed E-state index contributed by atoms with van der Waals surface area (Å²) in [5.41, 5.74) is 7.42. The van der Waals surface area contributed by atoms with Gasteiger partial charge in [0.1, 0.15) is 0 Å². The summed E-state index contributed by atoms with van der Waals surface area (Å²) >= 11 is 1.36. The van der Waals surface area contributed by atoms with E-state index in [9.17, 15) is 14.9 Å². The molecule has 0 fully saturated rings. The number of carbonyl (C=O) groups excluding carboxylic acids is 1. The first-order valence-corrected chi connectivity index (χ1v) is 7.68. The fourth-order valence-corrected chi connectivity index (χ4v) is 3.03. The number of hydrogen-bond acceptors (Lipinski definition) is 5. The highest BCUT2D eigenvalue weighted by atomic mass is 32.2. The van der Waals surface area contributed by atoms with Crippen molar-refractivity contribution in [3.8, 4) is 0 Å². The van der Waals surface area contributed by atoms with E-state index in [0.29, 0.717) is 16.5 Å². The zero-order valence-corrected chi connectivity index (χ0v) is 12.7. The van der Waals surface area contributed by atoms with Crippen LogP contribution in [-0.4, -0.2) is 20.8 Å². The van der Waals surface area contributed by atoms with Crippen LogP contribution in [0.1, 0.15) is 15.9 Å². The highest BCUT2D eigenvalue weighted by Crippen LogP contribution is 2.28. The van der Waals surface area contributed by atoms with Gasteiger partial charge in [-0.15, -0.1) is 0 Å². The highest BCUT2D eigenvalue weighted by molar-refractivity contribution is 7.98. The summed E-state index contributed by atoms with van der Waals surface area (Å²) in [4.78, 5) is 29.4. The average Bonchev–Trinajstić information content (AvgIpc) is 2.95. The summed E-state index contributed by atoms with van der Waals surface area (Å²) in [6.07, 6.45) is 0. The number of fused-ring (bicyclic) bond motifs is 1. The molecule has 0 aliphatic rings. The number of thioether (sulfide) groups is 1. The second-order valence-corrected chi connectivity index (χ2v) is 5.78. The Hall–Kier alpha value is -2.87. The summed E-state index contributed by atoms with van der Waals surface area (Å²) in [6, 6.07) is 11.8. The number of benzene rings is 2. The number of nitro benzene ring substituents is 1. The molecule has 0 aliphatic heterocycles. The molecule has 0 atom stereocenters. The Kier molecular flexibility index (Phi) is 3.98. The van der Waals surface area contributed by atoms with E-state index in [1.807, 2.05) is 24.3 Å². The zero-order chi connectivity index (χ0) is 16.4. The van der Waals surface area contributed by atoms with Crippen LogP contribution >= 0.6 is 11.8 Å². The van der Waals surface area contributed by atoms with Crippen molar-refractivity contribution >= 4 is 34.4 Å². The van der Waals surface area contributed by atoms with Gasteiger partial charge < -0.3 is 10.7 Å². The standard InChI is InChI=1S/C15H12N4O3S/c16-14(20)9-5-6-10(13(7-9)19(21)22)8-23-15-17-11-3-1-2-4-12(11)18-15/h1-7H,8H2,(H2,16,20)(H,17,18). The molecule has 1 heterocycles. The number of para-hydroxylation sites is 2. The van der Waals surface area contributed by atoms with Gasteiger partial charge in [-0.2, -0.15) is 0 Å². The predicted octanol–water partition coefficient (Wildman–Crippen LogP) is 2.86. The van der Waals surface area contributed by atoms with Gasteiger partial charge in [0.2, 0.25) is 5.91 Å². The third-order valence-corrected chi connectivity index (χ3v) is 4.22. The van der Waals surface area contributed by atoms with Crippen molar-refractivity contribution in [2.75, 3.05) is 0 Å². The van der Waals surface area contributed by atoms with Crippen molar-refractivity contribution in [2.45, 2.75) is 10.9 Å². The van der Waals surface area contributed by atoms with Crippen LogP contribution in [0.3, 0.4) is 0 Å². The SMILES string of the molecule is NC(=O)c1ccc(CSc2nc3ccccc3[nH]2)c([N+](=O)[O-])c1. The van der Waals surface area contributed by atoms with Gasteiger partial charge in [-0.3, -0.25) is 14.9 Å². The number of rotatable bonds is 5. The van der Waals surface area contributed by atoms with Crippen LogP contribution < -0.4 is 5.73 Å². The number of nitro groups is 1. The number of aromatic nitrogens is 2. The molecule has 0 saturated carbocycles. The molecule has 2 aromatic carbocycles. The van der Waals surface area contributed by atoms with Gasteiger partial charge in [0.05, 0.1) is 16.0 Å². The summed E-state index contributed by atoms with van der Waals surface area (Å²) in [5.74, 6) is -0.334. The van der Waals surface area contributed by atoms with Crippen LogP contribution in [0.25, 0.3) is 11.0 Å². The van der Waals surface area contributed by atoms with Crippen LogP contribution in [0, 0.1) is 10.1 Å². The molecule has 0 unspecified atom stereocenters. The number of H-pyrrole nitrogens is 1. The second kappa shape index (κ2) is 6.09. The first-order valence-electron chi connectivity index (χ1n) is 6.69. The minimum Gasteiger partial charge on any atom is -0.366 e. The first kappa shape index (κ1) is 15.0. The topological polar surface area (TPSA) is 115 Å². The van der Waals surface area contributed by atoms with Gasteiger partial charge in [-0.05, 0) is 18.2 Å². The van der Waals surface area contributed by atoms with E-state index in [0.717, 1.165) is 11.0 Å². The monoisotopic (exact) mass is 328 g/mol. The molecule has 0 radical (unpaired) electrons. The molecule has 3 rings (SSSR count). The Morgan fingerprint density at radius 1 is 1.30 bits per heavy atom. The fourth-order valence-electron chi connectivity index (χ4n) is 2.15. The van der Waals surface area contributed by atoms with Crippen LogP contribution in [0.5, 0.6) is 0 Å². The number of primary amides is 1. The molecule has 23 heavy (non-hydrogen) atoms. The maximum Gasteiger partial charge on any atom is 0.274 e. The summed E-state index contributed by atoms with van der Waals surface area (Å²) < 4.78 is 0. The van der Waals surface area contributed by atoms with Crippen molar-refractivity contribution in [1.82, 2.24) is 9.97 Å². The number of nitrogens with one attached hydrogen (secondary N) is 1. The van der Waals surface area contributed by atoms with Gasteiger partial charge in [-0.1, -0.05) is 30.0 Å². The molecule has 3 N–H and O–H groups in total. The first-order chi connectivity index (χ1) is 11.0. The lowest BCUT2D eigenvalue weighted by atomic mass is 10.1. The second-order valence-electron chi connectivity index (χ2n) is 4.81. The number of imidazole rings is 1. The molecule has 116 valence electrons. The van der Waals surface area contributed by atoms with Gasteiger partial charge in [0, 0.05) is 22.9 Å². The highest BCUT2D eigenvalue weighted by Gasteiger charge is 2.17. The van der Waals surface area contributed by atoms with Crippen LogP contribution in [0.15, 0.2) is 47.6 Å². The third-order valence-electron chi connectivity index (χ3n) is 3.30. The molecule has 7 nitrogen and oxygen atoms in total. The van der Waals surface area contributed by atoms with Gasteiger partial charge in [0.15, 0.2) is 5.16 Å². The zero-order valence-electron chi connectivity index (χ0n) is 11.9. The van der Waals surface area contributed by atoms with Crippen molar-refractivity contribution in [2.24, 2.45) is 5.73 Å². The smallest absolute Gasteiger partial charge is 0.274 e. The van der Waals surface area contributed by atoms with Crippen LogP contribution in [-0.2, 0) is 5.75 Å². The summed E-state index contributed by atoms with van der Waals surface area (Å²) in [6.45, 7) is 0. The van der Waals surface area contributed by atoms with Crippen molar-refractivity contribution in [3.63, 3.8) is 0 Å². The minimum atomic E-state index is -0.690. The lowest BCUT2D eigenvalue weighted by molar-refractivity contribution is -0.385. The lowest BCUT2D eigenvalue weighted by Gasteiger charge is -2.03. The number of nitrogens with two attached hydrogens (primary N) is 1. The molecule has 0 saturated heterocycles. The van der Waals surface area contributed by atoms with Gasteiger partial charge in [0.25, 0.3) is 5.69 Å². The number of aromatic amines is 1. The molecule has 8 heteroatoms. The van der Waals surface area contributed by atoms with E-state index in [-0.39, 0.29) is 11.3 Å². The third kappa shape index (κ3) is 3.16. The number of nitrogens with zero attached hydrogens (tertiary/aromatic N) is 2. The quantitative estimate of drug-likeness (QED) is 0.424. The van der Waals surface area contributed by atoms with E-state index in [1.165, 1.54) is 23.9 Å². The normalized spacial score (nSPS) is 10.8. The summed E-state index contributed by atoms with van der Waals surface area (Å²) in [7, 11) is 0. The Morgan fingerprint density at radius 3 is 2.78 bits per heavy atom. The van der Waals surface area contributed by atoms with Crippen LogP contribution in [0.4, 0.5) is 5.69 Å². The van der Waals surface area contributed by atoms with E-state index in [2.05, 4.69) is 9.97 Å². The maximum absolute atomic E-state index is 11.2. The summed E-state index contributed by atoms with van der Waals surface area (Å²) in [5, 5.41) is 11.8. The molecule has 0 spiro atoms. The van der Waals surface area contributed by atoms with E-state index >= 15 is 0 Å². The van der Waals surface area contributed by atoms with Crippen molar-refractivity contribution < 1.29 is 9.72 Å². The molecule has 3 aromatic rings. The van der Waals surface area contributed by atoms with Gasteiger partial charge >= 0.3 is 0 Å². The Balaban J connectivity index is 1.84. The van der Waals surface area contributed by atoms with Crippen molar-refractivity contribution in [1.29, 1.82) is 0 Å².